The number of nitrogens with zero attached hydrogens (tertiary/aromatic N) is 5. The highest BCUT2D eigenvalue weighted by molar-refractivity contribution is 7.17. The minimum atomic E-state index is 0.353. The van der Waals surface area contributed by atoms with Crippen LogP contribution in [0, 0.1) is 0 Å². The third kappa shape index (κ3) is 2.08. The number of nitrogen functional groups attached to an aromatic ring is 1. The van der Waals surface area contributed by atoms with Gasteiger partial charge in [-0.3, -0.25) is 0 Å². The lowest BCUT2D eigenvalue weighted by atomic mass is 10.1. The van der Waals surface area contributed by atoms with Gasteiger partial charge < -0.3 is 10.2 Å². The molecule has 5 heterocycles. The number of allylic oxidation sites excluding steroid dienone is 1. The lowest BCUT2D eigenvalue weighted by Crippen LogP contribution is -1.93. The van der Waals surface area contributed by atoms with Crippen molar-refractivity contribution in [2.24, 2.45) is 5.10 Å². The second kappa shape index (κ2) is 5.05. The summed E-state index contributed by atoms with van der Waals surface area (Å²) in [6.07, 6.45) is 8.78. The summed E-state index contributed by atoms with van der Waals surface area (Å²) < 4.78 is 8.60. The summed E-state index contributed by atoms with van der Waals surface area (Å²) in [4.78, 5) is 4.26. The average molecular weight is 347 g/mol. The van der Waals surface area contributed by atoms with Crippen LogP contribution in [-0.2, 0) is 0 Å². The topological polar surface area (TPSA) is 93.2 Å². The zero-order valence-electron chi connectivity index (χ0n) is 12.9. The van der Waals surface area contributed by atoms with Crippen molar-refractivity contribution in [1.82, 2.24) is 15.2 Å². The van der Waals surface area contributed by atoms with E-state index in [0.29, 0.717) is 11.4 Å². The Hall–Kier alpha value is -3.39. The van der Waals surface area contributed by atoms with Crippen LogP contribution in [0.2, 0.25) is 0 Å². The number of thiophene rings is 1. The van der Waals surface area contributed by atoms with Gasteiger partial charge in [0, 0.05) is 33.5 Å². The molecule has 25 heavy (non-hydrogen) atoms. The number of hydrogen-bond acceptors (Lipinski definition) is 7. The summed E-state index contributed by atoms with van der Waals surface area (Å²) in [7, 11) is 0. The maximum absolute atomic E-state index is 6.05. The normalized spacial score (nSPS) is 13.9. The molecule has 5 rings (SSSR count). The molecule has 0 atom stereocenters. The standard InChI is InChI=1S/C17H11N6OS/c1-23-7-9(3-22-23)11-4-19-17(18)16-10(11)2-14(24-16)13-8-25-15-6-21-20-5-12(13)15/h2-8H,1H2,(H2,18,19)/q+1. The van der Waals surface area contributed by atoms with Gasteiger partial charge in [0.2, 0.25) is 6.20 Å². The van der Waals surface area contributed by atoms with E-state index in [1.165, 1.54) is 4.68 Å². The second-order valence-corrected chi connectivity index (χ2v) is 6.51. The molecule has 1 aliphatic rings. The largest absolute Gasteiger partial charge is 0.452 e. The number of fused-ring (bicyclic) bond motifs is 2. The van der Waals surface area contributed by atoms with Crippen molar-refractivity contribution in [1.29, 1.82) is 0 Å². The molecule has 0 unspecified atom stereocenters. The van der Waals surface area contributed by atoms with Crippen LogP contribution in [0.3, 0.4) is 0 Å². The van der Waals surface area contributed by atoms with Gasteiger partial charge >= 0.3 is 0 Å². The Morgan fingerprint density at radius 3 is 2.84 bits per heavy atom. The molecule has 7 nitrogen and oxygen atoms in total. The van der Waals surface area contributed by atoms with Gasteiger partial charge in [0.1, 0.15) is 12.0 Å². The first-order valence-electron chi connectivity index (χ1n) is 7.43. The third-order valence-electron chi connectivity index (χ3n) is 4.09. The molecule has 0 spiro atoms. The number of rotatable bonds is 2. The van der Waals surface area contributed by atoms with E-state index in [9.17, 15) is 0 Å². The molecule has 0 amide bonds. The third-order valence-corrected chi connectivity index (χ3v) is 5.02. The number of anilines is 1. The van der Waals surface area contributed by atoms with Crippen molar-refractivity contribution < 1.29 is 9.10 Å². The Morgan fingerprint density at radius 1 is 1.12 bits per heavy atom. The van der Waals surface area contributed by atoms with E-state index in [-0.39, 0.29) is 0 Å². The van der Waals surface area contributed by atoms with E-state index >= 15 is 0 Å². The van der Waals surface area contributed by atoms with Crippen LogP contribution in [0.1, 0.15) is 5.56 Å². The number of furan rings is 1. The Labute approximate surface area is 145 Å². The lowest BCUT2D eigenvalue weighted by Gasteiger charge is -1.99. The van der Waals surface area contributed by atoms with Crippen molar-refractivity contribution in [2.75, 3.05) is 5.73 Å². The molecule has 0 radical (unpaired) electrons. The van der Waals surface area contributed by atoms with E-state index in [4.69, 9.17) is 10.2 Å². The van der Waals surface area contributed by atoms with Crippen LogP contribution in [0.25, 0.3) is 38.0 Å². The van der Waals surface area contributed by atoms with Crippen molar-refractivity contribution >= 4 is 56.7 Å². The molecular weight excluding hydrogens is 336 g/mol. The monoisotopic (exact) mass is 347 g/mol. The zero-order valence-corrected chi connectivity index (χ0v) is 13.7. The minimum absolute atomic E-state index is 0.353. The zero-order chi connectivity index (χ0) is 17.0. The molecule has 4 aromatic heterocycles. The molecular formula is C17H11N6OS+. The summed E-state index contributed by atoms with van der Waals surface area (Å²) in [5, 5.41) is 15.9. The summed E-state index contributed by atoms with van der Waals surface area (Å²) >= 11 is 1.60. The van der Waals surface area contributed by atoms with E-state index in [2.05, 4.69) is 27.0 Å². The molecule has 0 aliphatic carbocycles. The van der Waals surface area contributed by atoms with Crippen LogP contribution in [0.4, 0.5) is 5.82 Å². The van der Waals surface area contributed by atoms with Gasteiger partial charge in [-0.15, -0.1) is 11.3 Å². The first kappa shape index (κ1) is 14.0. The fourth-order valence-electron chi connectivity index (χ4n) is 2.89. The van der Waals surface area contributed by atoms with Crippen LogP contribution >= 0.6 is 11.3 Å². The van der Waals surface area contributed by atoms with Gasteiger partial charge in [0.05, 0.1) is 22.7 Å². The summed E-state index contributed by atoms with van der Waals surface area (Å²) in [6.45, 7) is 3.77. The van der Waals surface area contributed by atoms with E-state index < -0.39 is 0 Å². The molecule has 0 bridgehead atoms. The smallest absolute Gasteiger partial charge is 0.211 e. The van der Waals surface area contributed by atoms with Gasteiger partial charge in [-0.1, -0.05) is 4.68 Å². The van der Waals surface area contributed by atoms with E-state index in [1.807, 2.05) is 17.6 Å². The first-order chi connectivity index (χ1) is 12.2. The predicted octanol–water partition coefficient (Wildman–Crippen LogP) is 3.14. The van der Waals surface area contributed by atoms with Crippen molar-refractivity contribution in [3.05, 3.63) is 41.8 Å². The van der Waals surface area contributed by atoms with Gasteiger partial charge in [0.25, 0.3) is 0 Å². The molecule has 0 aromatic carbocycles. The molecule has 2 N–H and O–H groups in total. The minimum Gasteiger partial charge on any atom is -0.452 e. The molecule has 0 saturated heterocycles. The highest BCUT2D eigenvalue weighted by atomic mass is 32.1. The Bertz CT molecular complexity index is 1230. The number of nitrogens with two attached hydrogens (primary N) is 1. The quantitative estimate of drug-likeness (QED) is 0.562. The lowest BCUT2D eigenvalue weighted by molar-refractivity contribution is -0.447. The second-order valence-electron chi connectivity index (χ2n) is 5.60. The van der Waals surface area contributed by atoms with Crippen LogP contribution in [0.15, 0.2) is 45.8 Å². The Morgan fingerprint density at radius 2 is 2.00 bits per heavy atom. The average Bonchev–Trinajstić information content (AvgIpc) is 3.32. The van der Waals surface area contributed by atoms with Crippen molar-refractivity contribution in [2.45, 2.75) is 0 Å². The number of pyridine rings is 1. The fourth-order valence-corrected chi connectivity index (χ4v) is 3.78. The highest BCUT2D eigenvalue weighted by Crippen LogP contribution is 2.39. The van der Waals surface area contributed by atoms with Gasteiger partial charge in [0.15, 0.2) is 18.1 Å². The highest BCUT2D eigenvalue weighted by Gasteiger charge is 2.20. The fraction of sp³-hybridized carbons (Fsp3) is 0. The van der Waals surface area contributed by atoms with Gasteiger partial charge in [-0.05, 0) is 11.2 Å². The summed E-state index contributed by atoms with van der Waals surface area (Å²) in [5.74, 6) is 1.07. The van der Waals surface area contributed by atoms with Gasteiger partial charge in [-0.2, -0.15) is 10.2 Å². The molecule has 8 heteroatoms. The molecule has 4 aromatic rings. The number of hydrazone groups is 1. The van der Waals surface area contributed by atoms with E-state index in [1.54, 1.807) is 36.1 Å². The molecule has 1 aliphatic heterocycles. The summed E-state index contributed by atoms with van der Waals surface area (Å²) in [5.41, 5.74) is 9.35. The van der Waals surface area contributed by atoms with Crippen LogP contribution < -0.4 is 5.73 Å². The first-order valence-corrected chi connectivity index (χ1v) is 8.31. The van der Waals surface area contributed by atoms with Crippen molar-refractivity contribution in [3.63, 3.8) is 0 Å². The number of aromatic nitrogens is 3. The molecule has 120 valence electrons. The SMILES string of the molecule is C=[N+]1C=C(c2cnc(N)c3oc(-c4csc5cnncc45)cc23)C=N1. The van der Waals surface area contributed by atoms with E-state index in [0.717, 1.165) is 37.9 Å². The van der Waals surface area contributed by atoms with Gasteiger partial charge in [-0.25, -0.2) is 4.98 Å². The molecule has 0 saturated carbocycles. The summed E-state index contributed by atoms with van der Waals surface area (Å²) in [6, 6.07) is 1.98. The van der Waals surface area contributed by atoms with Crippen molar-refractivity contribution in [3.8, 4) is 11.3 Å². The van der Waals surface area contributed by atoms with Crippen LogP contribution in [0.5, 0.6) is 0 Å². The predicted molar refractivity (Wildman–Crippen MR) is 98.7 cm³/mol. The Balaban J connectivity index is 1.77. The number of hydrogen-bond donors (Lipinski definition) is 1. The maximum atomic E-state index is 6.05. The maximum Gasteiger partial charge on any atom is 0.211 e. The molecule has 0 fully saturated rings. The van der Waals surface area contributed by atoms with Crippen LogP contribution in [-0.4, -0.2) is 32.8 Å². The Kier molecular flexibility index (Phi) is 2.83.